The standard InChI is InChI=1S/C14H12N2O/c17-14-8-11(9-15-14)16-13-7-3-5-10-4-1-2-6-12(10)13/h1-8,16H,9H2,(H,15,17). The quantitative estimate of drug-likeness (QED) is 0.821. The third-order valence-electron chi connectivity index (χ3n) is 2.84. The molecule has 0 spiro atoms. The monoisotopic (exact) mass is 224 g/mol. The molecule has 84 valence electrons. The van der Waals surface area contributed by atoms with Gasteiger partial charge in [0.1, 0.15) is 0 Å². The van der Waals surface area contributed by atoms with Crippen LogP contribution in [0.4, 0.5) is 5.69 Å². The largest absolute Gasteiger partial charge is 0.357 e. The van der Waals surface area contributed by atoms with E-state index in [2.05, 4.69) is 28.8 Å². The molecule has 1 amide bonds. The molecule has 17 heavy (non-hydrogen) atoms. The van der Waals surface area contributed by atoms with E-state index < -0.39 is 0 Å². The zero-order chi connectivity index (χ0) is 11.7. The Hall–Kier alpha value is -2.29. The van der Waals surface area contributed by atoms with Gasteiger partial charge in [-0.15, -0.1) is 0 Å². The van der Waals surface area contributed by atoms with E-state index in [-0.39, 0.29) is 5.91 Å². The SMILES string of the molecule is O=C1C=C(Nc2cccc3ccccc23)CN1. The number of hydrogen-bond acceptors (Lipinski definition) is 2. The van der Waals surface area contributed by atoms with E-state index in [4.69, 9.17) is 0 Å². The Balaban J connectivity index is 2.00. The van der Waals surface area contributed by atoms with Gasteiger partial charge in [0, 0.05) is 22.8 Å². The summed E-state index contributed by atoms with van der Waals surface area (Å²) in [6, 6.07) is 14.3. The number of hydrogen-bond donors (Lipinski definition) is 2. The van der Waals surface area contributed by atoms with Crippen molar-refractivity contribution in [3.63, 3.8) is 0 Å². The van der Waals surface area contributed by atoms with Crippen molar-refractivity contribution >= 4 is 22.4 Å². The maximum Gasteiger partial charge on any atom is 0.246 e. The number of benzene rings is 2. The van der Waals surface area contributed by atoms with Gasteiger partial charge in [-0.1, -0.05) is 36.4 Å². The van der Waals surface area contributed by atoms with Crippen molar-refractivity contribution in [2.45, 2.75) is 0 Å². The lowest BCUT2D eigenvalue weighted by Crippen LogP contribution is -2.16. The predicted molar refractivity (Wildman–Crippen MR) is 68.7 cm³/mol. The summed E-state index contributed by atoms with van der Waals surface area (Å²) in [4.78, 5) is 11.1. The van der Waals surface area contributed by atoms with Crippen LogP contribution in [0.5, 0.6) is 0 Å². The molecule has 2 N–H and O–H groups in total. The van der Waals surface area contributed by atoms with E-state index in [1.165, 1.54) is 5.39 Å². The Morgan fingerprint density at radius 3 is 2.71 bits per heavy atom. The zero-order valence-corrected chi connectivity index (χ0v) is 9.23. The predicted octanol–water partition coefficient (Wildman–Crippen LogP) is 2.27. The fourth-order valence-corrected chi connectivity index (χ4v) is 2.03. The molecule has 2 aromatic rings. The lowest BCUT2D eigenvalue weighted by molar-refractivity contribution is -0.115. The minimum absolute atomic E-state index is 0.0345. The summed E-state index contributed by atoms with van der Waals surface area (Å²) in [6.45, 7) is 0.571. The molecule has 0 saturated carbocycles. The van der Waals surface area contributed by atoms with Crippen molar-refractivity contribution in [2.75, 3.05) is 11.9 Å². The molecule has 3 rings (SSSR count). The highest BCUT2D eigenvalue weighted by Crippen LogP contribution is 2.24. The van der Waals surface area contributed by atoms with Crippen LogP contribution in [0.2, 0.25) is 0 Å². The highest BCUT2D eigenvalue weighted by atomic mass is 16.1. The molecule has 0 unspecified atom stereocenters. The summed E-state index contributed by atoms with van der Waals surface area (Å²) in [5, 5.41) is 8.39. The summed E-state index contributed by atoms with van der Waals surface area (Å²) in [6.07, 6.45) is 1.60. The second-order valence-electron chi connectivity index (χ2n) is 4.04. The molecule has 1 aliphatic heterocycles. The minimum atomic E-state index is -0.0345. The number of fused-ring (bicyclic) bond motifs is 1. The maximum atomic E-state index is 11.1. The molecular formula is C14H12N2O. The van der Waals surface area contributed by atoms with E-state index >= 15 is 0 Å². The van der Waals surface area contributed by atoms with Crippen molar-refractivity contribution < 1.29 is 4.79 Å². The van der Waals surface area contributed by atoms with E-state index in [1.54, 1.807) is 6.08 Å². The number of carbonyl (C=O) groups excluding carboxylic acids is 1. The molecule has 2 aromatic carbocycles. The average Bonchev–Trinajstić information content (AvgIpc) is 2.75. The molecule has 1 heterocycles. The van der Waals surface area contributed by atoms with Crippen LogP contribution in [-0.4, -0.2) is 12.5 Å². The summed E-state index contributed by atoms with van der Waals surface area (Å²) >= 11 is 0. The fourth-order valence-electron chi connectivity index (χ4n) is 2.03. The van der Waals surface area contributed by atoms with Crippen molar-refractivity contribution in [3.05, 3.63) is 54.2 Å². The molecule has 3 nitrogen and oxygen atoms in total. The third kappa shape index (κ3) is 1.87. The molecule has 0 bridgehead atoms. The zero-order valence-electron chi connectivity index (χ0n) is 9.23. The van der Waals surface area contributed by atoms with Gasteiger partial charge in [0.05, 0.1) is 6.54 Å². The van der Waals surface area contributed by atoms with Crippen LogP contribution in [0.1, 0.15) is 0 Å². The first-order valence-corrected chi connectivity index (χ1v) is 5.56. The van der Waals surface area contributed by atoms with Crippen molar-refractivity contribution in [2.24, 2.45) is 0 Å². The van der Waals surface area contributed by atoms with E-state index in [9.17, 15) is 4.79 Å². The van der Waals surface area contributed by atoms with Gasteiger partial charge >= 0.3 is 0 Å². The minimum Gasteiger partial charge on any atom is -0.357 e. The lowest BCUT2D eigenvalue weighted by atomic mass is 10.1. The van der Waals surface area contributed by atoms with Gasteiger partial charge in [-0.2, -0.15) is 0 Å². The Morgan fingerprint density at radius 2 is 1.88 bits per heavy atom. The Bertz CT molecular complexity index is 611. The first-order valence-electron chi connectivity index (χ1n) is 5.56. The van der Waals surface area contributed by atoms with Gasteiger partial charge in [-0.05, 0) is 11.5 Å². The Morgan fingerprint density at radius 1 is 1.06 bits per heavy atom. The second kappa shape index (κ2) is 3.94. The topological polar surface area (TPSA) is 41.1 Å². The van der Waals surface area contributed by atoms with Gasteiger partial charge in [0.2, 0.25) is 5.91 Å². The maximum absolute atomic E-state index is 11.1. The van der Waals surface area contributed by atoms with Gasteiger partial charge in [-0.3, -0.25) is 4.79 Å². The van der Waals surface area contributed by atoms with Gasteiger partial charge in [0.25, 0.3) is 0 Å². The summed E-state index contributed by atoms with van der Waals surface area (Å²) in [5.74, 6) is -0.0345. The van der Waals surface area contributed by atoms with Crippen molar-refractivity contribution in [1.29, 1.82) is 0 Å². The van der Waals surface area contributed by atoms with E-state index in [1.807, 2.05) is 24.3 Å². The summed E-state index contributed by atoms with van der Waals surface area (Å²) in [5.41, 5.74) is 1.94. The highest BCUT2D eigenvalue weighted by Gasteiger charge is 2.11. The molecule has 0 fully saturated rings. The van der Waals surface area contributed by atoms with Crippen molar-refractivity contribution in [1.82, 2.24) is 5.32 Å². The van der Waals surface area contributed by atoms with Crippen LogP contribution in [-0.2, 0) is 4.79 Å². The Labute approximate surface area is 99.1 Å². The molecule has 0 atom stereocenters. The molecular weight excluding hydrogens is 212 g/mol. The first kappa shape index (κ1) is 9.90. The fraction of sp³-hybridized carbons (Fsp3) is 0.0714. The van der Waals surface area contributed by atoms with E-state index in [0.29, 0.717) is 6.54 Å². The molecule has 0 aliphatic carbocycles. The van der Waals surface area contributed by atoms with E-state index in [0.717, 1.165) is 16.8 Å². The molecule has 1 aliphatic rings. The number of anilines is 1. The van der Waals surface area contributed by atoms with Crippen LogP contribution in [0.15, 0.2) is 54.2 Å². The second-order valence-corrected chi connectivity index (χ2v) is 4.04. The number of carbonyl (C=O) groups is 1. The average molecular weight is 224 g/mol. The number of amides is 1. The van der Waals surface area contributed by atoms with Crippen LogP contribution in [0.25, 0.3) is 10.8 Å². The van der Waals surface area contributed by atoms with Gasteiger partial charge in [0.15, 0.2) is 0 Å². The Kier molecular flexibility index (Phi) is 2.29. The molecule has 3 heteroatoms. The number of nitrogens with one attached hydrogen (secondary N) is 2. The van der Waals surface area contributed by atoms with Gasteiger partial charge < -0.3 is 10.6 Å². The lowest BCUT2D eigenvalue weighted by Gasteiger charge is -2.09. The van der Waals surface area contributed by atoms with Crippen LogP contribution in [0, 0.1) is 0 Å². The highest BCUT2D eigenvalue weighted by molar-refractivity contribution is 5.96. The first-order chi connectivity index (χ1) is 8.33. The number of rotatable bonds is 2. The van der Waals surface area contributed by atoms with Crippen molar-refractivity contribution in [3.8, 4) is 0 Å². The van der Waals surface area contributed by atoms with Crippen LogP contribution in [0.3, 0.4) is 0 Å². The summed E-state index contributed by atoms with van der Waals surface area (Å²) < 4.78 is 0. The molecule has 0 saturated heterocycles. The van der Waals surface area contributed by atoms with Crippen LogP contribution < -0.4 is 10.6 Å². The molecule has 0 radical (unpaired) electrons. The summed E-state index contributed by atoms with van der Waals surface area (Å²) in [7, 11) is 0. The molecule has 0 aromatic heterocycles. The third-order valence-corrected chi connectivity index (χ3v) is 2.84. The smallest absolute Gasteiger partial charge is 0.246 e. The normalized spacial score (nSPS) is 14.6. The van der Waals surface area contributed by atoms with Crippen LogP contribution >= 0.6 is 0 Å². The van der Waals surface area contributed by atoms with Gasteiger partial charge in [-0.25, -0.2) is 0 Å².